The molecule has 0 saturated heterocycles. The number of aromatic hydroxyl groups is 2. The molecule has 96 valence electrons. The average molecular weight is 254 g/mol. The van der Waals surface area contributed by atoms with Gasteiger partial charge in [0.15, 0.2) is 0 Å². The third-order valence-electron chi connectivity index (χ3n) is 2.43. The van der Waals surface area contributed by atoms with E-state index in [2.05, 4.69) is 9.97 Å². The summed E-state index contributed by atoms with van der Waals surface area (Å²) < 4.78 is 0. The quantitative estimate of drug-likeness (QED) is 0.624. The summed E-state index contributed by atoms with van der Waals surface area (Å²) in [6, 6.07) is 13.9. The predicted molar refractivity (Wildman–Crippen MR) is 73.8 cm³/mol. The van der Waals surface area contributed by atoms with Crippen molar-refractivity contribution >= 4 is 0 Å². The average Bonchev–Trinajstić information content (AvgIpc) is 2.98. The summed E-state index contributed by atoms with van der Waals surface area (Å²) >= 11 is 0. The number of H-pyrrole nitrogens is 1. The highest BCUT2D eigenvalue weighted by Gasteiger charge is 1.98. The molecule has 0 spiro atoms. The number of nitrogens with zero attached hydrogens (tertiary/aromatic N) is 1. The van der Waals surface area contributed by atoms with Gasteiger partial charge in [-0.15, -0.1) is 0 Å². The van der Waals surface area contributed by atoms with Crippen molar-refractivity contribution in [3.63, 3.8) is 0 Å². The van der Waals surface area contributed by atoms with E-state index in [1.54, 1.807) is 55.1 Å². The Balaban J connectivity index is 0.000000224. The minimum absolute atomic E-state index is 0.228. The molecule has 0 aliphatic carbocycles. The van der Waals surface area contributed by atoms with Crippen molar-refractivity contribution in [3.05, 3.63) is 67.3 Å². The molecule has 3 rings (SSSR count). The Hall–Kier alpha value is -2.75. The van der Waals surface area contributed by atoms with Gasteiger partial charge in [0.25, 0.3) is 0 Å². The van der Waals surface area contributed by atoms with Gasteiger partial charge in [0.2, 0.25) is 0 Å². The lowest BCUT2D eigenvalue weighted by molar-refractivity contribution is 0.474. The van der Waals surface area contributed by atoms with Gasteiger partial charge in [-0.2, -0.15) is 0 Å². The van der Waals surface area contributed by atoms with Gasteiger partial charge in [0.1, 0.15) is 11.5 Å². The fourth-order valence-electron chi connectivity index (χ4n) is 1.59. The molecule has 19 heavy (non-hydrogen) atoms. The van der Waals surface area contributed by atoms with Gasteiger partial charge >= 0.3 is 0 Å². The molecule has 1 aromatic heterocycles. The zero-order chi connectivity index (χ0) is 13.5. The highest BCUT2D eigenvalue weighted by atomic mass is 16.3. The minimum atomic E-state index is 0.228. The molecule has 0 atom stereocenters. The van der Waals surface area contributed by atoms with E-state index >= 15 is 0 Å². The molecule has 0 bridgehead atoms. The highest BCUT2D eigenvalue weighted by Crippen LogP contribution is 2.25. The third-order valence-corrected chi connectivity index (χ3v) is 2.43. The van der Waals surface area contributed by atoms with E-state index in [0.717, 1.165) is 11.1 Å². The van der Waals surface area contributed by atoms with Crippen molar-refractivity contribution in [2.75, 3.05) is 0 Å². The molecule has 0 fully saturated rings. The molecule has 3 aromatic rings. The topological polar surface area (TPSA) is 69.1 Å². The lowest BCUT2D eigenvalue weighted by Crippen LogP contribution is -1.76. The van der Waals surface area contributed by atoms with Crippen molar-refractivity contribution in [1.29, 1.82) is 0 Å². The number of hydrogen-bond donors (Lipinski definition) is 3. The molecule has 0 aliphatic rings. The zero-order valence-electron chi connectivity index (χ0n) is 10.2. The van der Waals surface area contributed by atoms with Crippen LogP contribution in [-0.2, 0) is 0 Å². The van der Waals surface area contributed by atoms with Crippen LogP contribution in [0.4, 0.5) is 0 Å². The summed E-state index contributed by atoms with van der Waals surface area (Å²) in [6.45, 7) is 0. The first-order chi connectivity index (χ1) is 9.25. The van der Waals surface area contributed by atoms with Crippen LogP contribution in [0.3, 0.4) is 0 Å². The second kappa shape index (κ2) is 6.26. The summed E-state index contributed by atoms with van der Waals surface area (Å²) in [6.07, 6.45) is 5.08. The van der Waals surface area contributed by atoms with E-state index in [4.69, 9.17) is 0 Å². The van der Waals surface area contributed by atoms with Crippen LogP contribution in [0.2, 0.25) is 0 Å². The molecule has 1 heterocycles. The van der Waals surface area contributed by atoms with Gasteiger partial charge in [-0.3, -0.25) is 0 Å². The van der Waals surface area contributed by atoms with E-state index in [9.17, 15) is 10.2 Å². The van der Waals surface area contributed by atoms with Crippen LogP contribution in [0.5, 0.6) is 11.5 Å². The molecule has 0 unspecified atom stereocenters. The standard InChI is InChI=1S/C12H10O2.C3H4N2/c13-11-5-1-3-9(7-11)10-4-2-6-12(14)8-10;1-2-5-3-4-1/h1-8,13-14H;1-3H,(H,4,5). The summed E-state index contributed by atoms with van der Waals surface area (Å²) in [5.41, 5.74) is 1.78. The lowest BCUT2D eigenvalue weighted by Gasteiger charge is -2.02. The number of aromatic amines is 1. The maximum atomic E-state index is 9.28. The first-order valence-corrected chi connectivity index (χ1v) is 5.77. The van der Waals surface area contributed by atoms with Crippen molar-refractivity contribution < 1.29 is 10.2 Å². The highest BCUT2D eigenvalue weighted by molar-refractivity contribution is 5.66. The maximum absolute atomic E-state index is 9.28. The molecule has 3 N–H and O–H groups in total. The van der Waals surface area contributed by atoms with Crippen LogP contribution in [0.25, 0.3) is 11.1 Å². The van der Waals surface area contributed by atoms with Crippen LogP contribution in [0, 0.1) is 0 Å². The van der Waals surface area contributed by atoms with Crippen LogP contribution in [-0.4, -0.2) is 20.2 Å². The minimum Gasteiger partial charge on any atom is -0.508 e. The van der Waals surface area contributed by atoms with Crippen molar-refractivity contribution in [1.82, 2.24) is 9.97 Å². The van der Waals surface area contributed by atoms with E-state index in [0.29, 0.717) is 0 Å². The second-order valence-corrected chi connectivity index (χ2v) is 3.86. The molecule has 0 aliphatic heterocycles. The van der Waals surface area contributed by atoms with Gasteiger partial charge in [-0.1, -0.05) is 24.3 Å². The third kappa shape index (κ3) is 3.89. The molecular formula is C15H14N2O2. The Morgan fingerprint density at radius 1 is 0.842 bits per heavy atom. The number of phenolic OH excluding ortho intramolecular Hbond substituents is 2. The number of nitrogens with one attached hydrogen (secondary N) is 1. The first-order valence-electron chi connectivity index (χ1n) is 5.77. The van der Waals surface area contributed by atoms with E-state index in [-0.39, 0.29) is 11.5 Å². The first kappa shape index (κ1) is 12.7. The molecule has 0 saturated carbocycles. The van der Waals surface area contributed by atoms with Crippen LogP contribution in [0.1, 0.15) is 0 Å². The summed E-state index contributed by atoms with van der Waals surface area (Å²) in [5.74, 6) is 0.455. The van der Waals surface area contributed by atoms with E-state index < -0.39 is 0 Å². The largest absolute Gasteiger partial charge is 0.508 e. The zero-order valence-corrected chi connectivity index (χ0v) is 10.2. The Kier molecular flexibility index (Phi) is 4.18. The Labute approximate surface area is 111 Å². The summed E-state index contributed by atoms with van der Waals surface area (Å²) in [5, 5.41) is 18.6. The fourth-order valence-corrected chi connectivity index (χ4v) is 1.59. The number of aromatic nitrogens is 2. The molecule has 0 amide bonds. The van der Waals surface area contributed by atoms with Crippen LogP contribution < -0.4 is 0 Å². The molecule has 2 aromatic carbocycles. The van der Waals surface area contributed by atoms with Crippen molar-refractivity contribution in [2.24, 2.45) is 0 Å². The fraction of sp³-hybridized carbons (Fsp3) is 0. The SMILES string of the molecule is Oc1cccc(-c2cccc(O)c2)c1.c1c[nH]cn1. The van der Waals surface area contributed by atoms with Crippen LogP contribution >= 0.6 is 0 Å². The number of rotatable bonds is 1. The number of benzene rings is 2. The smallest absolute Gasteiger partial charge is 0.116 e. The lowest BCUT2D eigenvalue weighted by atomic mass is 10.1. The second-order valence-electron chi connectivity index (χ2n) is 3.86. The predicted octanol–water partition coefficient (Wildman–Crippen LogP) is 3.17. The Morgan fingerprint density at radius 3 is 1.74 bits per heavy atom. The Morgan fingerprint density at radius 2 is 1.42 bits per heavy atom. The van der Waals surface area contributed by atoms with Gasteiger partial charge in [0.05, 0.1) is 6.33 Å². The Bertz CT molecular complexity index is 561. The van der Waals surface area contributed by atoms with Crippen LogP contribution in [0.15, 0.2) is 67.3 Å². The van der Waals surface area contributed by atoms with Gasteiger partial charge < -0.3 is 15.2 Å². The van der Waals surface area contributed by atoms with Crippen molar-refractivity contribution in [3.8, 4) is 22.6 Å². The number of imidazole rings is 1. The summed E-state index contributed by atoms with van der Waals surface area (Å²) in [7, 11) is 0. The van der Waals surface area contributed by atoms with Gasteiger partial charge in [-0.05, 0) is 35.4 Å². The van der Waals surface area contributed by atoms with E-state index in [1.165, 1.54) is 0 Å². The van der Waals surface area contributed by atoms with E-state index in [1.807, 2.05) is 12.1 Å². The molecule has 4 nitrogen and oxygen atoms in total. The molecule has 4 heteroatoms. The maximum Gasteiger partial charge on any atom is 0.116 e. The number of phenols is 2. The van der Waals surface area contributed by atoms with Gasteiger partial charge in [0, 0.05) is 12.4 Å². The van der Waals surface area contributed by atoms with Gasteiger partial charge in [-0.25, -0.2) is 4.98 Å². The van der Waals surface area contributed by atoms with Crippen molar-refractivity contribution in [2.45, 2.75) is 0 Å². The molecule has 0 radical (unpaired) electrons. The number of hydrogen-bond acceptors (Lipinski definition) is 3. The molecular weight excluding hydrogens is 240 g/mol. The monoisotopic (exact) mass is 254 g/mol. The normalized spacial score (nSPS) is 9.47. The summed E-state index contributed by atoms with van der Waals surface area (Å²) in [4.78, 5) is 6.42.